The number of ether oxygens (including phenoxy) is 1. The predicted molar refractivity (Wildman–Crippen MR) is 75.2 cm³/mol. The van der Waals surface area contributed by atoms with Crippen molar-refractivity contribution in [2.45, 2.75) is 13.0 Å². The first kappa shape index (κ1) is 12.6. The van der Waals surface area contributed by atoms with E-state index in [0.717, 1.165) is 22.3 Å². The first-order valence-electron chi connectivity index (χ1n) is 6.03. The number of aromatic nitrogens is 1. The molecule has 1 atom stereocenters. The second kappa shape index (κ2) is 5.23. The lowest BCUT2D eigenvalue weighted by Crippen LogP contribution is -2.35. The molecule has 0 aliphatic heterocycles. The monoisotopic (exact) mass is 245 g/mol. The van der Waals surface area contributed by atoms with Crippen LogP contribution in [0.4, 0.5) is 5.82 Å². The normalized spacial score (nSPS) is 12.4. The van der Waals surface area contributed by atoms with Gasteiger partial charge >= 0.3 is 0 Å². The number of hydrogen-bond acceptors (Lipinski definition) is 4. The fourth-order valence-corrected chi connectivity index (χ4v) is 1.99. The van der Waals surface area contributed by atoms with Crippen molar-refractivity contribution < 1.29 is 4.74 Å². The number of anilines is 1. The lowest BCUT2D eigenvalue weighted by molar-refractivity contribution is 0.420. The maximum atomic E-state index is 5.72. The summed E-state index contributed by atoms with van der Waals surface area (Å²) in [5.41, 5.74) is 5.72. The maximum Gasteiger partial charge on any atom is 0.136 e. The Morgan fingerprint density at radius 3 is 2.78 bits per heavy atom. The molecule has 1 aromatic heterocycles. The number of benzene rings is 1. The second-order valence-corrected chi connectivity index (χ2v) is 4.39. The number of likely N-dealkylation sites (N-methyl/N-ethyl adjacent to an activating group) is 1. The van der Waals surface area contributed by atoms with Gasteiger partial charge in [0.2, 0.25) is 0 Å². The van der Waals surface area contributed by atoms with Gasteiger partial charge in [0.05, 0.1) is 7.11 Å². The third kappa shape index (κ3) is 2.11. The molecule has 0 aliphatic carbocycles. The molecule has 0 spiro atoms. The standard InChI is InChI=1S/C14H19N3O/c1-10(9-15)17(2)14-12-5-4-6-13(18-3)11(12)7-8-16-14/h4-8,10H,9,15H2,1-3H3. The maximum absolute atomic E-state index is 5.72. The van der Waals surface area contributed by atoms with Crippen LogP contribution in [-0.4, -0.2) is 31.7 Å². The third-order valence-corrected chi connectivity index (χ3v) is 3.30. The summed E-state index contributed by atoms with van der Waals surface area (Å²) in [4.78, 5) is 6.57. The minimum atomic E-state index is 0.245. The van der Waals surface area contributed by atoms with Crippen LogP contribution < -0.4 is 15.4 Å². The van der Waals surface area contributed by atoms with Gasteiger partial charge in [0.1, 0.15) is 11.6 Å². The number of fused-ring (bicyclic) bond motifs is 1. The number of pyridine rings is 1. The molecule has 18 heavy (non-hydrogen) atoms. The number of nitrogens with zero attached hydrogens (tertiary/aromatic N) is 2. The summed E-state index contributed by atoms with van der Waals surface area (Å²) in [7, 11) is 3.69. The van der Waals surface area contributed by atoms with E-state index in [-0.39, 0.29) is 6.04 Å². The van der Waals surface area contributed by atoms with Gasteiger partial charge < -0.3 is 15.4 Å². The molecule has 0 saturated carbocycles. The number of nitrogens with two attached hydrogens (primary N) is 1. The molecular weight excluding hydrogens is 226 g/mol. The van der Waals surface area contributed by atoms with Crippen LogP contribution in [0.25, 0.3) is 10.8 Å². The largest absolute Gasteiger partial charge is 0.496 e. The molecular formula is C14H19N3O. The first-order chi connectivity index (χ1) is 8.69. The van der Waals surface area contributed by atoms with Gasteiger partial charge in [-0.25, -0.2) is 4.98 Å². The van der Waals surface area contributed by atoms with Gasteiger partial charge in [0.15, 0.2) is 0 Å². The summed E-state index contributed by atoms with van der Waals surface area (Å²) in [5.74, 6) is 1.80. The van der Waals surface area contributed by atoms with Crippen molar-refractivity contribution in [3.8, 4) is 5.75 Å². The van der Waals surface area contributed by atoms with E-state index in [4.69, 9.17) is 10.5 Å². The van der Waals surface area contributed by atoms with Crippen LogP contribution in [0, 0.1) is 0 Å². The van der Waals surface area contributed by atoms with Crippen molar-refractivity contribution in [3.05, 3.63) is 30.5 Å². The summed E-state index contributed by atoms with van der Waals surface area (Å²) in [6.07, 6.45) is 1.81. The zero-order chi connectivity index (χ0) is 13.1. The highest BCUT2D eigenvalue weighted by Gasteiger charge is 2.13. The van der Waals surface area contributed by atoms with Crippen molar-refractivity contribution in [3.63, 3.8) is 0 Å². The van der Waals surface area contributed by atoms with Crippen LogP contribution in [-0.2, 0) is 0 Å². The fraction of sp³-hybridized carbons (Fsp3) is 0.357. The summed E-state index contributed by atoms with van der Waals surface area (Å²) in [6.45, 7) is 2.68. The summed E-state index contributed by atoms with van der Waals surface area (Å²) in [6, 6.07) is 8.21. The van der Waals surface area contributed by atoms with Gasteiger partial charge in [-0.2, -0.15) is 0 Å². The van der Waals surface area contributed by atoms with E-state index in [1.54, 1.807) is 13.3 Å². The number of rotatable bonds is 4. The molecule has 0 saturated heterocycles. The average molecular weight is 245 g/mol. The zero-order valence-electron chi connectivity index (χ0n) is 11.1. The van der Waals surface area contributed by atoms with Crippen molar-refractivity contribution in [1.82, 2.24) is 4.98 Å². The second-order valence-electron chi connectivity index (χ2n) is 4.39. The van der Waals surface area contributed by atoms with Gasteiger partial charge in [-0.15, -0.1) is 0 Å². The van der Waals surface area contributed by atoms with Crippen LogP contribution in [0.3, 0.4) is 0 Å². The van der Waals surface area contributed by atoms with E-state index < -0.39 is 0 Å². The fourth-order valence-electron chi connectivity index (χ4n) is 1.99. The predicted octanol–water partition coefficient (Wildman–Crippen LogP) is 2.03. The highest BCUT2D eigenvalue weighted by molar-refractivity contribution is 5.96. The van der Waals surface area contributed by atoms with E-state index in [1.165, 1.54) is 0 Å². The average Bonchev–Trinajstić information content (AvgIpc) is 2.44. The Hall–Kier alpha value is -1.81. The van der Waals surface area contributed by atoms with Crippen molar-refractivity contribution in [2.75, 3.05) is 25.6 Å². The summed E-state index contributed by atoms with van der Waals surface area (Å²) < 4.78 is 5.38. The first-order valence-corrected chi connectivity index (χ1v) is 6.03. The van der Waals surface area contributed by atoms with Gasteiger partial charge in [0, 0.05) is 36.6 Å². The quantitative estimate of drug-likeness (QED) is 0.895. The molecule has 1 unspecified atom stereocenters. The Bertz CT molecular complexity index is 542. The van der Waals surface area contributed by atoms with Gasteiger partial charge in [-0.3, -0.25) is 0 Å². The van der Waals surface area contributed by atoms with Crippen LogP contribution >= 0.6 is 0 Å². The SMILES string of the molecule is COc1cccc2c(N(C)C(C)CN)nccc12. The summed E-state index contributed by atoms with van der Waals surface area (Å²) in [5, 5.41) is 2.15. The highest BCUT2D eigenvalue weighted by Crippen LogP contribution is 2.30. The number of methoxy groups -OCH3 is 1. The molecule has 2 N–H and O–H groups in total. The van der Waals surface area contributed by atoms with E-state index in [0.29, 0.717) is 6.54 Å². The van der Waals surface area contributed by atoms with E-state index in [1.807, 2.05) is 25.2 Å². The molecule has 1 heterocycles. The molecule has 4 nitrogen and oxygen atoms in total. The van der Waals surface area contributed by atoms with Crippen LogP contribution in [0.15, 0.2) is 30.5 Å². The third-order valence-electron chi connectivity index (χ3n) is 3.30. The minimum Gasteiger partial charge on any atom is -0.496 e. The van der Waals surface area contributed by atoms with Crippen LogP contribution in [0.2, 0.25) is 0 Å². The Balaban J connectivity index is 2.58. The van der Waals surface area contributed by atoms with Crippen LogP contribution in [0.5, 0.6) is 5.75 Å². The van der Waals surface area contributed by atoms with Crippen molar-refractivity contribution in [2.24, 2.45) is 5.73 Å². The molecule has 2 rings (SSSR count). The molecule has 0 radical (unpaired) electrons. The Morgan fingerprint density at radius 2 is 2.11 bits per heavy atom. The Morgan fingerprint density at radius 1 is 1.33 bits per heavy atom. The molecule has 0 fully saturated rings. The molecule has 0 aliphatic rings. The van der Waals surface area contributed by atoms with E-state index in [9.17, 15) is 0 Å². The van der Waals surface area contributed by atoms with Gasteiger partial charge in [0.25, 0.3) is 0 Å². The molecule has 96 valence electrons. The highest BCUT2D eigenvalue weighted by atomic mass is 16.5. The molecule has 0 amide bonds. The molecule has 0 bridgehead atoms. The van der Waals surface area contributed by atoms with Gasteiger partial charge in [-0.05, 0) is 19.1 Å². The topological polar surface area (TPSA) is 51.4 Å². The lowest BCUT2D eigenvalue weighted by atomic mass is 10.1. The van der Waals surface area contributed by atoms with Crippen LogP contribution in [0.1, 0.15) is 6.92 Å². The molecule has 4 heteroatoms. The van der Waals surface area contributed by atoms with Crippen molar-refractivity contribution in [1.29, 1.82) is 0 Å². The Kier molecular flexibility index (Phi) is 3.67. The van der Waals surface area contributed by atoms with E-state index >= 15 is 0 Å². The lowest BCUT2D eigenvalue weighted by Gasteiger charge is -2.26. The summed E-state index contributed by atoms with van der Waals surface area (Å²) >= 11 is 0. The number of hydrogen-bond donors (Lipinski definition) is 1. The van der Waals surface area contributed by atoms with Crippen molar-refractivity contribution >= 4 is 16.6 Å². The van der Waals surface area contributed by atoms with Gasteiger partial charge in [-0.1, -0.05) is 12.1 Å². The molecule has 2 aromatic rings. The minimum absolute atomic E-state index is 0.245. The Labute approximate surface area is 107 Å². The van der Waals surface area contributed by atoms with E-state index in [2.05, 4.69) is 22.9 Å². The smallest absolute Gasteiger partial charge is 0.136 e. The molecule has 1 aromatic carbocycles. The zero-order valence-corrected chi connectivity index (χ0v) is 11.1.